The van der Waals surface area contributed by atoms with Crippen molar-refractivity contribution in [3.63, 3.8) is 0 Å². The van der Waals surface area contributed by atoms with Crippen LogP contribution in [0.25, 0.3) is 0 Å². The molecule has 0 spiro atoms. The number of hydrogen-bond acceptors (Lipinski definition) is 2. The van der Waals surface area contributed by atoms with E-state index in [9.17, 15) is 5.11 Å². The summed E-state index contributed by atoms with van der Waals surface area (Å²) in [5.74, 6) is 0.612. The topological polar surface area (TPSA) is 48.9 Å². The van der Waals surface area contributed by atoms with Crippen molar-refractivity contribution in [3.05, 3.63) is 53.1 Å². The quantitative estimate of drug-likeness (QED) is 0.848. The van der Waals surface area contributed by atoms with Crippen LogP contribution in [0.5, 0.6) is 0 Å². The molecule has 0 aliphatic carbocycles. The van der Waals surface area contributed by atoms with Crippen molar-refractivity contribution >= 4 is 0 Å². The molecule has 3 nitrogen and oxygen atoms in total. The van der Waals surface area contributed by atoms with Crippen molar-refractivity contribution < 1.29 is 5.11 Å². The van der Waals surface area contributed by atoms with Crippen molar-refractivity contribution in [3.8, 4) is 0 Å². The Labute approximate surface area is 102 Å². The Kier molecular flexibility index (Phi) is 3.59. The number of benzene rings is 1. The number of nitrogens with one attached hydrogen (secondary N) is 1. The van der Waals surface area contributed by atoms with E-state index in [1.54, 1.807) is 12.4 Å². The van der Waals surface area contributed by atoms with Crippen molar-refractivity contribution in [2.75, 3.05) is 0 Å². The Balaban J connectivity index is 2.49. The number of aromatic nitrogens is 2. The van der Waals surface area contributed by atoms with Crippen LogP contribution in [-0.4, -0.2) is 15.1 Å². The van der Waals surface area contributed by atoms with Gasteiger partial charge in [-0.15, -0.1) is 0 Å². The average molecular weight is 230 g/mol. The van der Waals surface area contributed by atoms with E-state index < -0.39 is 6.10 Å². The van der Waals surface area contributed by atoms with Crippen molar-refractivity contribution in [1.29, 1.82) is 0 Å². The van der Waals surface area contributed by atoms with Gasteiger partial charge in [0.05, 0.1) is 0 Å². The minimum atomic E-state index is -0.656. The second-order valence-corrected chi connectivity index (χ2v) is 4.07. The summed E-state index contributed by atoms with van der Waals surface area (Å²) < 4.78 is 0. The van der Waals surface area contributed by atoms with Gasteiger partial charge in [-0.3, -0.25) is 0 Å². The Morgan fingerprint density at radius 1 is 1.24 bits per heavy atom. The lowest BCUT2D eigenvalue weighted by Gasteiger charge is -2.17. The summed E-state index contributed by atoms with van der Waals surface area (Å²) in [5, 5.41) is 10.4. The molecular formula is C14H18N2O. The molecule has 17 heavy (non-hydrogen) atoms. The predicted octanol–water partition coefficient (Wildman–Crippen LogP) is 2.62. The van der Waals surface area contributed by atoms with Gasteiger partial charge < -0.3 is 10.1 Å². The first-order valence-corrected chi connectivity index (χ1v) is 6.05. The highest BCUT2D eigenvalue weighted by atomic mass is 16.3. The molecule has 0 unspecified atom stereocenters. The fraction of sp³-hybridized carbons (Fsp3) is 0.357. The molecule has 2 rings (SSSR count). The standard InChI is InChI=1S/C14H18N2O/c1-3-10-6-5-7-11(4-2)12(10)13(17)14-15-8-9-16-14/h5-9,13,17H,3-4H2,1-2H3,(H,15,16)/t13-/m1/s1. The van der Waals surface area contributed by atoms with Crippen molar-refractivity contribution in [2.24, 2.45) is 0 Å². The third-order valence-electron chi connectivity index (χ3n) is 3.10. The minimum Gasteiger partial charge on any atom is -0.380 e. The van der Waals surface area contributed by atoms with Gasteiger partial charge in [-0.05, 0) is 29.5 Å². The van der Waals surface area contributed by atoms with Crippen molar-refractivity contribution in [1.82, 2.24) is 9.97 Å². The molecule has 3 heteroatoms. The first kappa shape index (κ1) is 11.9. The van der Waals surface area contributed by atoms with E-state index in [0.717, 1.165) is 18.4 Å². The predicted molar refractivity (Wildman–Crippen MR) is 67.8 cm³/mol. The maximum Gasteiger partial charge on any atom is 0.139 e. The van der Waals surface area contributed by atoms with Crippen LogP contribution >= 0.6 is 0 Å². The van der Waals surface area contributed by atoms with Gasteiger partial charge in [0, 0.05) is 12.4 Å². The molecule has 0 fully saturated rings. The molecule has 0 saturated carbocycles. The summed E-state index contributed by atoms with van der Waals surface area (Å²) in [6.07, 6.45) is 4.58. The monoisotopic (exact) mass is 230 g/mol. The Morgan fingerprint density at radius 3 is 2.35 bits per heavy atom. The number of hydrogen-bond donors (Lipinski definition) is 2. The number of rotatable bonds is 4. The lowest BCUT2D eigenvalue weighted by molar-refractivity contribution is 0.209. The Morgan fingerprint density at radius 2 is 1.88 bits per heavy atom. The number of aliphatic hydroxyl groups excluding tert-OH is 1. The summed E-state index contributed by atoms with van der Waals surface area (Å²) in [6, 6.07) is 6.19. The summed E-state index contributed by atoms with van der Waals surface area (Å²) >= 11 is 0. The molecule has 0 amide bonds. The molecule has 0 aliphatic rings. The molecular weight excluding hydrogens is 212 g/mol. The molecule has 2 N–H and O–H groups in total. The summed E-state index contributed by atoms with van der Waals surface area (Å²) in [6.45, 7) is 4.21. The molecule has 1 heterocycles. The van der Waals surface area contributed by atoms with Crippen LogP contribution in [0, 0.1) is 0 Å². The second-order valence-electron chi connectivity index (χ2n) is 4.07. The lowest BCUT2D eigenvalue weighted by Crippen LogP contribution is -2.08. The summed E-state index contributed by atoms with van der Waals surface area (Å²) in [7, 11) is 0. The maximum absolute atomic E-state index is 10.4. The number of aromatic amines is 1. The third-order valence-corrected chi connectivity index (χ3v) is 3.10. The highest BCUT2D eigenvalue weighted by Gasteiger charge is 2.18. The van der Waals surface area contributed by atoms with E-state index in [4.69, 9.17) is 0 Å². The zero-order valence-electron chi connectivity index (χ0n) is 10.3. The third kappa shape index (κ3) is 2.24. The number of H-pyrrole nitrogens is 1. The molecule has 0 bridgehead atoms. The van der Waals surface area contributed by atoms with Crippen molar-refractivity contribution in [2.45, 2.75) is 32.8 Å². The van der Waals surface area contributed by atoms with E-state index in [0.29, 0.717) is 5.82 Å². The van der Waals surface area contributed by atoms with Gasteiger partial charge in [-0.2, -0.15) is 0 Å². The van der Waals surface area contributed by atoms with E-state index in [2.05, 4.69) is 42.0 Å². The van der Waals surface area contributed by atoms with Gasteiger partial charge in [0.25, 0.3) is 0 Å². The molecule has 90 valence electrons. The Bertz CT molecular complexity index is 455. The van der Waals surface area contributed by atoms with Crippen LogP contribution < -0.4 is 0 Å². The molecule has 0 aliphatic heterocycles. The van der Waals surface area contributed by atoms with E-state index in [1.165, 1.54) is 11.1 Å². The van der Waals surface area contributed by atoms with E-state index in [1.807, 2.05) is 0 Å². The van der Waals surface area contributed by atoms with Gasteiger partial charge in [0.15, 0.2) is 0 Å². The maximum atomic E-state index is 10.4. The number of aryl methyl sites for hydroxylation is 2. The molecule has 2 aromatic rings. The van der Waals surface area contributed by atoms with Crippen LogP contribution in [0.1, 0.15) is 42.5 Å². The van der Waals surface area contributed by atoms with Crippen LogP contribution in [0.15, 0.2) is 30.6 Å². The zero-order valence-corrected chi connectivity index (χ0v) is 10.3. The number of aliphatic hydroxyl groups is 1. The lowest BCUT2D eigenvalue weighted by atomic mass is 9.93. The zero-order chi connectivity index (χ0) is 12.3. The van der Waals surface area contributed by atoms with Crippen LogP contribution in [0.3, 0.4) is 0 Å². The number of imidazole rings is 1. The SMILES string of the molecule is CCc1cccc(CC)c1[C@@H](O)c1ncc[nH]1. The van der Waals surface area contributed by atoms with Crippen LogP contribution in [0.4, 0.5) is 0 Å². The fourth-order valence-corrected chi connectivity index (χ4v) is 2.20. The largest absolute Gasteiger partial charge is 0.380 e. The van der Waals surface area contributed by atoms with Crippen LogP contribution in [-0.2, 0) is 12.8 Å². The minimum absolute atomic E-state index is 0.612. The van der Waals surface area contributed by atoms with Gasteiger partial charge >= 0.3 is 0 Å². The average Bonchev–Trinajstić information content (AvgIpc) is 2.90. The van der Waals surface area contributed by atoms with Crippen LogP contribution in [0.2, 0.25) is 0 Å². The Hall–Kier alpha value is -1.61. The van der Waals surface area contributed by atoms with E-state index >= 15 is 0 Å². The van der Waals surface area contributed by atoms with Gasteiger partial charge in [-0.25, -0.2) is 4.98 Å². The smallest absolute Gasteiger partial charge is 0.139 e. The molecule has 1 aromatic heterocycles. The fourth-order valence-electron chi connectivity index (χ4n) is 2.20. The molecule has 0 saturated heterocycles. The normalized spacial score (nSPS) is 12.6. The first-order valence-electron chi connectivity index (χ1n) is 6.05. The van der Waals surface area contributed by atoms with Gasteiger partial charge in [0.1, 0.15) is 11.9 Å². The summed E-state index contributed by atoms with van der Waals surface area (Å²) in [5.41, 5.74) is 3.38. The first-order chi connectivity index (χ1) is 8.27. The highest BCUT2D eigenvalue weighted by Crippen LogP contribution is 2.27. The van der Waals surface area contributed by atoms with E-state index in [-0.39, 0.29) is 0 Å². The molecule has 0 radical (unpaired) electrons. The number of nitrogens with zero attached hydrogens (tertiary/aromatic N) is 1. The van der Waals surface area contributed by atoms with Gasteiger partial charge in [-0.1, -0.05) is 32.0 Å². The second kappa shape index (κ2) is 5.15. The molecule has 1 aromatic carbocycles. The highest BCUT2D eigenvalue weighted by molar-refractivity contribution is 5.39. The molecule has 1 atom stereocenters. The van der Waals surface area contributed by atoms with Gasteiger partial charge in [0.2, 0.25) is 0 Å². The summed E-state index contributed by atoms with van der Waals surface area (Å²) in [4.78, 5) is 7.11.